The van der Waals surface area contributed by atoms with Crippen LogP contribution in [0.4, 0.5) is 10.5 Å². The molecular formula is C13H15ClN2O3. The van der Waals surface area contributed by atoms with E-state index in [2.05, 4.69) is 5.32 Å². The smallest absolute Gasteiger partial charge is 0.328 e. The maximum Gasteiger partial charge on any atom is 0.328 e. The maximum atomic E-state index is 12.1. The number of urea groups is 1. The van der Waals surface area contributed by atoms with Crippen LogP contribution in [0.2, 0.25) is 0 Å². The highest BCUT2D eigenvalue weighted by atomic mass is 35.5. The summed E-state index contributed by atoms with van der Waals surface area (Å²) >= 11 is 5.64. The van der Waals surface area contributed by atoms with Gasteiger partial charge in [0.05, 0.1) is 12.3 Å². The highest BCUT2D eigenvalue weighted by molar-refractivity contribution is 6.31. The Morgan fingerprint density at radius 3 is 2.89 bits per heavy atom. The Labute approximate surface area is 116 Å². The molecule has 0 aromatic heterocycles. The molecule has 0 saturated carbocycles. The van der Waals surface area contributed by atoms with Crippen molar-refractivity contribution >= 4 is 29.2 Å². The molecule has 1 heterocycles. The first-order valence-electron chi connectivity index (χ1n) is 6.08. The molecule has 19 heavy (non-hydrogen) atoms. The van der Waals surface area contributed by atoms with Crippen LogP contribution in [0.25, 0.3) is 0 Å². The molecule has 0 fully saturated rings. The number of imide groups is 1. The molecule has 2 rings (SSSR count). The van der Waals surface area contributed by atoms with Crippen molar-refractivity contribution in [3.8, 4) is 5.75 Å². The number of alkyl halides is 1. The first-order valence-corrected chi connectivity index (χ1v) is 6.51. The molecule has 0 saturated heterocycles. The first kappa shape index (κ1) is 13.7. The van der Waals surface area contributed by atoms with E-state index in [9.17, 15) is 9.59 Å². The molecule has 0 bridgehead atoms. The second kappa shape index (κ2) is 5.93. The molecule has 0 aliphatic carbocycles. The lowest BCUT2D eigenvalue weighted by molar-refractivity contribution is -0.119. The Bertz CT molecular complexity index is 491. The van der Waals surface area contributed by atoms with Gasteiger partial charge in [0, 0.05) is 6.54 Å². The number of rotatable bonds is 1. The van der Waals surface area contributed by atoms with Crippen molar-refractivity contribution in [3.05, 3.63) is 24.3 Å². The van der Waals surface area contributed by atoms with Gasteiger partial charge in [-0.15, -0.1) is 11.6 Å². The van der Waals surface area contributed by atoms with E-state index in [1.165, 1.54) is 11.8 Å². The second-order valence-corrected chi connectivity index (χ2v) is 4.89. The fourth-order valence-corrected chi connectivity index (χ4v) is 1.87. The van der Waals surface area contributed by atoms with Gasteiger partial charge in [-0.05, 0) is 25.5 Å². The number of hydrogen-bond acceptors (Lipinski definition) is 3. The Hall–Kier alpha value is -1.75. The normalized spacial score (nSPS) is 15.8. The van der Waals surface area contributed by atoms with Crippen molar-refractivity contribution in [1.29, 1.82) is 0 Å². The predicted molar refractivity (Wildman–Crippen MR) is 72.8 cm³/mol. The number of fused-ring (bicyclic) bond motifs is 1. The van der Waals surface area contributed by atoms with Crippen molar-refractivity contribution < 1.29 is 14.3 Å². The lowest BCUT2D eigenvalue weighted by Crippen LogP contribution is -2.45. The number of halogens is 1. The maximum absolute atomic E-state index is 12.1. The Kier molecular flexibility index (Phi) is 4.27. The molecule has 1 aliphatic rings. The third-order valence-corrected chi connectivity index (χ3v) is 2.97. The fraction of sp³-hybridized carbons (Fsp3) is 0.385. The molecule has 1 aromatic carbocycles. The minimum absolute atomic E-state index is 0.476. The molecule has 5 nitrogen and oxygen atoms in total. The number of carbonyl (C=O) groups excluding carboxylic acids is 2. The van der Waals surface area contributed by atoms with Gasteiger partial charge in [-0.3, -0.25) is 15.0 Å². The largest absolute Gasteiger partial charge is 0.491 e. The summed E-state index contributed by atoms with van der Waals surface area (Å²) in [6, 6.07) is 6.77. The standard InChI is InChI=1S/C13H15ClN2O3/c1-9(14)12(17)15-13(18)16-7-4-8-19-11-6-3-2-5-10(11)16/h2-3,5-6,9H,4,7-8H2,1H3,(H,15,17,18). The monoisotopic (exact) mass is 282 g/mol. The number of carbonyl (C=O) groups is 2. The number of para-hydroxylation sites is 2. The molecule has 1 unspecified atom stereocenters. The lowest BCUT2D eigenvalue weighted by atomic mass is 10.2. The zero-order chi connectivity index (χ0) is 13.8. The summed E-state index contributed by atoms with van der Waals surface area (Å²) in [6.07, 6.45) is 0.701. The van der Waals surface area contributed by atoms with Crippen molar-refractivity contribution in [2.24, 2.45) is 0 Å². The van der Waals surface area contributed by atoms with Crippen LogP contribution in [0.15, 0.2) is 24.3 Å². The highest BCUT2D eigenvalue weighted by Gasteiger charge is 2.24. The van der Waals surface area contributed by atoms with Crippen LogP contribution in [-0.4, -0.2) is 30.5 Å². The summed E-state index contributed by atoms with van der Waals surface area (Å²) in [5.41, 5.74) is 0.660. The number of amides is 3. The van der Waals surface area contributed by atoms with E-state index in [4.69, 9.17) is 16.3 Å². The van der Waals surface area contributed by atoms with E-state index in [-0.39, 0.29) is 0 Å². The molecule has 0 spiro atoms. The summed E-state index contributed by atoms with van der Waals surface area (Å²) in [7, 11) is 0. The van der Waals surface area contributed by atoms with Gasteiger partial charge in [0.2, 0.25) is 5.91 Å². The average Bonchev–Trinajstić information content (AvgIpc) is 2.60. The van der Waals surface area contributed by atoms with Crippen LogP contribution >= 0.6 is 11.6 Å². The molecule has 1 atom stereocenters. The van der Waals surface area contributed by atoms with Gasteiger partial charge >= 0.3 is 6.03 Å². The van der Waals surface area contributed by atoms with E-state index < -0.39 is 17.3 Å². The minimum Gasteiger partial charge on any atom is -0.491 e. The van der Waals surface area contributed by atoms with Gasteiger partial charge in [0.25, 0.3) is 0 Å². The van der Waals surface area contributed by atoms with E-state index in [1.54, 1.807) is 12.1 Å². The fourth-order valence-electron chi connectivity index (χ4n) is 1.81. The SMILES string of the molecule is CC(Cl)C(=O)NC(=O)N1CCCOc2ccccc21. The molecule has 1 aliphatic heterocycles. The van der Waals surface area contributed by atoms with Gasteiger partial charge in [-0.25, -0.2) is 4.79 Å². The van der Waals surface area contributed by atoms with E-state index in [1.807, 2.05) is 12.1 Å². The highest BCUT2D eigenvalue weighted by Crippen LogP contribution is 2.30. The minimum atomic E-state index is -0.748. The molecule has 1 N–H and O–H groups in total. The molecule has 102 valence electrons. The number of nitrogens with zero attached hydrogens (tertiary/aromatic N) is 1. The van der Waals surface area contributed by atoms with Crippen molar-refractivity contribution in [2.45, 2.75) is 18.7 Å². The second-order valence-electron chi connectivity index (χ2n) is 4.23. The molecular weight excluding hydrogens is 268 g/mol. The third-order valence-electron chi connectivity index (χ3n) is 2.78. The lowest BCUT2D eigenvalue weighted by Gasteiger charge is -2.21. The van der Waals surface area contributed by atoms with Crippen LogP contribution in [0.1, 0.15) is 13.3 Å². The van der Waals surface area contributed by atoms with Gasteiger partial charge in [0.15, 0.2) is 0 Å². The van der Waals surface area contributed by atoms with Crippen LogP contribution in [0, 0.1) is 0 Å². The number of ether oxygens (including phenoxy) is 1. The van der Waals surface area contributed by atoms with Crippen molar-refractivity contribution in [1.82, 2.24) is 5.32 Å². The first-order chi connectivity index (χ1) is 9.09. The topological polar surface area (TPSA) is 58.6 Å². The summed E-state index contributed by atoms with van der Waals surface area (Å²) in [6.45, 7) is 2.55. The van der Waals surface area contributed by atoms with Crippen LogP contribution in [-0.2, 0) is 4.79 Å². The Morgan fingerprint density at radius 1 is 1.42 bits per heavy atom. The summed E-state index contributed by atoms with van der Waals surface area (Å²) in [4.78, 5) is 25.1. The van der Waals surface area contributed by atoms with E-state index in [0.29, 0.717) is 31.0 Å². The van der Waals surface area contributed by atoms with Crippen LogP contribution in [0.3, 0.4) is 0 Å². The number of benzene rings is 1. The van der Waals surface area contributed by atoms with E-state index in [0.717, 1.165) is 0 Å². The average molecular weight is 283 g/mol. The number of hydrogen-bond donors (Lipinski definition) is 1. The van der Waals surface area contributed by atoms with Crippen molar-refractivity contribution in [2.75, 3.05) is 18.1 Å². The number of anilines is 1. The zero-order valence-electron chi connectivity index (χ0n) is 10.6. The van der Waals surface area contributed by atoms with Crippen LogP contribution in [0.5, 0.6) is 5.75 Å². The summed E-state index contributed by atoms with van der Waals surface area (Å²) < 4.78 is 5.55. The third kappa shape index (κ3) is 3.17. The Morgan fingerprint density at radius 2 is 2.16 bits per heavy atom. The van der Waals surface area contributed by atoms with Crippen LogP contribution < -0.4 is 15.0 Å². The quantitative estimate of drug-likeness (QED) is 0.803. The zero-order valence-corrected chi connectivity index (χ0v) is 11.3. The van der Waals surface area contributed by atoms with Gasteiger partial charge in [-0.1, -0.05) is 12.1 Å². The van der Waals surface area contributed by atoms with Crippen molar-refractivity contribution in [3.63, 3.8) is 0 Å². The molecule has 1 aromatic rings. The predicted octanol–water partition coefficient (Wildman–Crippen LogP) is 2.14. The van der Waals surface area contributed by atoms with Gasteiger partial charge < -0.3 is 4.74 Å². The molecule has 3 amide bonds. The van der Waals surface area contributed by atoms with E-state index >= 15 is 0 Å². The molecule has 6 heteroatoms. The summed E-state index contributed by atoms with van der Waals surface area (Å²) in [5, 5.41) is 1.53. The van der Waals surface area contributed by atoms with Gasteiger partial charge in [-0.2, -0.15) is 0 Å². The Balaban J connectivity index is 2.20. The summed E-state index contributed by atoms with van der Waals surface area (Å²) in [5.74, 6) is 0.135. The van der Waals surface area contributed by atoms with Gasteiger partial charge in [0.1, 0.15) is 11.1 Å². The molecule has 0 radical (unpaired) electrons. The number of nitrogens with one attached hydrogen (secondary N) is 1.